The first-order chi connectivity index (χ1) is 5.38. The van der Waals surface area contributed by atoms with Crippen LogP contribution in [0.25, 0.3) is 10.8 Å². The highest BCUT2D eigenvalue weighted by molar-refractivity contribution is 5.91. The van der Waals surface area contributed by atoms with Crippen LogP contribution < -0.4 is 5.73 Å². The second kappa shape index (κ2) is 2.27. The lowest BCUT2D eigenvalue weighted by Gasteiger charge is -1.97. The molecule has 0 bridgehead atoms. The second-order valence-corrected chi connectivity index (χ2v) is 2.53. The highest BCUT2D eigenvalue weighted by atomic mass is 14.5. The normalized spacial score (nSPS) is 10.2. The van der Waals surface area contributed by atoms with Crippen LogP contribution in [-0.2, 0) is 0 Å². The lowest BCUT2D eigenvalue weighted by molar-refractivity contribution is 1.53. The third kappa shape index (κ3) is 0.944. The Kier molecular flexibility index (Phi) is 1.29. The third-order valence-electron chi connectivity index (χ3n) is 1.79. The van der Waals surface area contributed by atoms with Crippen LogP contribution in [0.4, 0.5) is 5.69 Å². The van der Waals surface area contributed by atoms with E-state index in [-0.39, 0.29) is 0 Å². The Labute approximate surface area is 65.5 Å². The number of nitrogens with one attached hydrogen (secondary N) is 1. The maximum atomic E-state index is 7.56. The fourth-order valence-electron chi connectivity index (χ4n) is 1.23. The Balaban J connectivity index is 2.91. The van der Waals surface area contributed by atoms with Crippen molar-refractivity contribution < 1.29 is 0 Å². The highest BCUT2D eigenvalue weighted by Crippen LogP contribution is 2.20. The molecule has 0 atom stereocenters. The molecular formula is C10H8N. The maximum absolute atomic E-state index is 7.56. The minimum atomic E-state index is 0.600. The van der Waals surface area contributed by atoms with Crippen LogP contribution in [0.5, 0.6) is 0 Å². The average Bonchev–Trinajstić information content (AvgIpc) is 2.06. The van der Waals surface area contributed by atoms with E-state index in [0.29, 0.717) is 5.69 Å². The molecule has 0 aliphatic carbocycles. The van der Waals surface area contributed by atoms with Crippen LogP contribution in [0.15, 0.2) is 42.5 Å². The predicted octanol–water partition coefficient (Wildman–Crippen LogP) is 2.75. The number of benzene rings is 2. The van der Waals surface area contributed by atoms with Crippen LogP contribution in [0.2, 0.25) is 0 Å². The van der Waals surface area contributed by atoms with E-state index in [4.69, 9.17) is 5.73 Å². The number of hydrogen-bond donors (Lipinski definition) is 0. The molecule has 0 fully saturated rings. The summed E-state index contributed by atoms with van der Waals surface area (Å²) in [4.78, 5) is 0. The Morgan fingerprint density at radius 1 is 0.818 bits per heavy atom. The number of fused-ring (bicyclic) bond motifs is 1. The summed E-state index contributed by atoms with van der Waals surface area (Å²) >= 11 is 0. The minimum absolute atomic E-state index is 0.600. The molecule has 0 unspecified atom stereocenters. The van der Waals surface area contributed by atoms with Gasteiger partial charge in [0.05, 0.1) is 5.69 Å². The first-order valence-corrected chi connectivity index (χ1v) is 3.57. The van der Waals surface area contributed by atoms with Gasteiger partial charge >= 0.3 is 0 Å². The van der Waals surface area contributed by atoms with E-state index in [0.717, 1.165) is 10.8 Å². The van der Waals surface area contributed by atoms with Crippen molar-refractivity contribution in [2.24, 2.45) is 0 Å². The van der Waals surface area contributed by atoms with Gasteiger partial charge in [0.15, 0.2) is 0 Å². The monoisotopic (exact) mass is 142 g/mol. The first kappa shape index (κ1) is 6.23. The Bertz CT molecular complexity index is 374. The van der Waals surface area contributed by atoms with Gasteiger partial charge in [-0.05, 0) is 11.5 Å². The quantitative estimate of drug-likeness (QED) is 0.540. The number of hydrogen-bond acceptors (Lipinski definition) is 0. The van der Waals surface area contributed by atoms with Gasteiger partial charge in [-0.1, -0.05) is 36.4 Å². The Morgan fingerprint density at radius 3 is 2.36 bits per heavy atom. The Hall–Kier alpha value is -1.50. The van der Waals surface area contributed by atoms with Crippen molar-refractivity contribution >= 4 is 16.5 Å². The molecule has 2 aromatic rings. The van der Waals surface area contributed by atoms with Crippen molar-refractivity contribution in [1.82, 2.24) is 5.73 Å². The van der Waals surface area contributed by atoms with Gasteiger partial charge < -0.3 is 5.73 Å². The summed E-state index contributed by atoms with van der Waals surface area (Å²) in [6.07, 6.45) is 0. The van der Waals surface area contributed by atoms with Crippen LogP contribution in [-0.4, -0.2) is 0 Å². The van der Waals surface area contributed by atoms with Crippen LogP contribution >= 0.6 is 0 Å². The van der Waals surface area contributed by atoms with Crippen molar-refractivity contribution in [2.75, 3.05) is 0 Å². The Morgan fingerprint density at radius 2 is 1.55 bits per heavy atom. The zero-order valence-corrected chi connectivity index (χ0v) is 6.04. The average molecular weight is 142 g/mol. The van der Waals surface area contributed by atoms with Crippen LogP contribution in [0.1, 0.15) is 0 Å². The van der Waals surface area contributed by atoms with Crippen LogP contribution in [0.3, 0.4) is 0 Å². The van der Waals surface area contributed by atoms with Gasteiger partial charge in [-0.3, -0.25) is 0 Å². The summed E-state index contributed by atoms with van der Waals surface area (Å²) in [5.74, 6) is 0. The van der Waals surface area contributed by atoms with Crippen molar-refractivity contribution in [3.05, 3.63) is 42.5 Å². The molecule has 0 aliphatic heterocycles. The fourth-order valence-corrected chi connectivity index (χ4v) is 1.23. The van der Waals surface area contributed by atoms with Crippen LogP contribution in [0, 0.1) is 0 Å². The lowest BCUT2D eigenvalue weighted by atomic mass is 10.1. The molecule has 1 nitrogen and oxygen atoms in total. The van der Waals surface area contributed by atoms with E-state index in [1.165, 1.54) is 0 Å². The second-order valence-electron chi connectivity index (χ2n) is 2.53. The van der Waals surface area contributed by atoms with E-state index in [1.807, 2.05) is 42.5 Å². The van der Waals surface area contributed by atoms with E-state index >= 15 is 0 Å². The SMILES string of the molecule is [NH]c1cccc2ccccc12. The molecule has 1 N–H and O–H groups in total. The summed E-state index contributed by atoms with van der Waals surface area (Å²) in [6, 6.07) is 13.7. The first-order valence-electron chi connectivity index (χ1n) is 3.57. The van der Waals surface area contributed by atoms with Gasteiger partial charge in [0.2, 0.25) is 0 Å². The smallest absolute Gasteiger partial charge is 0.0618 e. The van der Waals surface area contributed by atoms with E-state index in [2.05, 4.69) is 0 Å². The molecular weight excluding hydrogens is 134 g/mol. The van der Waals surface area contributed by atoms with Gasteiger partial charge in [-0.25, -0.2) is 0 Å². The molecule has 1 heteroatoms. The molecule has 0 amide bonds. The summed E-state index contributed by atoms with van der Waals surface area (Å²) in [7, 11) is 0. The van der Waals surface area contributed by atoms with Crippen molar-refractivity contribution in [3.8, 4) is 0 Å². The molecule has 0 aromatic heterocycles. The van der Waals surface area contributed by atoms with Crippen molar-refractivity contribution in [1.29, 1.82) is 0 Å². The van der Waals surface area contributed by atoms with Gasteiger partial charge in [0.1, 0.15) is 0 Å². The zero-order valence-electron chi connectivity index (χ0n) is 6.04. The fraction of sp³-hybridized carbons (Fsp3) is 0. The van der Waals surface area contributed by atoms with Gasteiger partial charge in [-0.2, -0.15) is 0 Å². The summed E-state index contributed by atoms with van der Waals surface area (Å²) < 4.78 is 0. The van der Waals surface area contributed by atoms with Crippen molar-refractivity contribution in [3.63, 3.8) is 0 Å². The molecule has 0 heterocycles. The summed E-state index contributed by atoms with van der Waals surface area (Å²) in [6.45, 7) is 0. The standard InChI is InChI=1S/C10H8N/c11-10-7-3-5-8-4-1-2-6-9(8)10/h1-7,11H. The minimum Gasteiger partial charge on any atom is -0.300 e. The molecule has 11 heavy (non-hydrogen) atoms. The topological polar surface area (TPSA) is 23.8 Å². The van der Waals surface area contributed by atoms with E-state index < -0.39 is 0 Å². The van der Waals surface area contributed by atoms with E-state index in [1.54, 1.807) is 0 Å². The van der Waals surface area contributed by atoms with Gasteiger partial charge in [0.25, 0.3) is 0 Å². The molecule has 2 rings (SSSR count). The molecule has 2 aromatic carbocycles. The molecule has 0 spiro atoms. The number of rotatable bonds is 0. The zero-order chi connectivity index (χ0) is 7.68. The maximum Gasteiger partial charge on any atom is 0.0618 e. The third-order valence-corrected chi connectivity index (χ3v) is 1.79. The largest absolute Gasteiger partial charge is 0.300 e. The molecule has 0 saturated heterocycles. The summed E-state index contributed by atoms with van der Waals surface area (Å²) in [5, 5.41) is 2.16. The molecule has 1 radical (unpaired) electrons. The molecule has 0 aliphatic rings. The van der Waals surface area contributed by atoms with E-state index in [9.17, 15) is 0 Å². The van der Waals surface area contributed by atoms with Gasteiger partial charge in [-0.15, -0.1) is 0 Å². The predicted molar refractivity (Wildman–Crippen MR) is 46.7 cm³/mol. The van der Waals surface area contributed by atoms with Crippen molar-refractivity contribution in [2.45, 2.75) is 0 Å². The lowest BCUT2D eigenvalue weighted by Crippen LogP contribution is -1.73. The van der Waals surface area contributed by atoms with Gasteiger partial charge in [0, 0.05) is 5.39 Å². The molecule has 53 valence electrons. The molecule has 0 saturated carbocycles. The highest BCUT2D eigenvalue weighted by Gasteiger charge is 1.93. The summed E-state index contributed by atoms with van der Waals surface area (Å²) in [5.41, 5.74) is 8.16.